The quantitative estimate of drug-likeness (QED) is 0.841. The van der Waals surface area contributed by atoms with Crippen molar-refractivity contribution in [2.45, 2.75) is 25.9 Å². The Bertz CT molecular complexity index is 349. The maximum Gasteiger partial charge on any atom is 0.130 e. The maximum absolute atomic E-state index is 9.67. The molecule has 0 heterocycles. The molecule has 4 heteroatoms. The van der Waals surface area contributed by atoms with Gasteiger partial charge in [-0.15, -0.1) is 0 Å². The number of hydrogen-bond donors (Lipinski definition) is 1. The molecule has 0 spiro atoms. The molecule has 0 aromatic heterocycles. The first-order valence-electron chi connectivity index (χ1n) is 5.55. The summed E-state index contributed by atoms with van der Waals surface area (Å²) in [5, 5.41) is 10.7. The highest BCUT2D eigenvalue weighted by Crippen LogP contribution is 2.51. The van der Waals surface area contributed by atoms with Crippen molar-refractivity contribution in [1.29, 1.82) is 0 Å². The van der Waals surface area contributed by atoms with Gasteiger partial charge >= 0.3 is 0 Å². The average molecular weight is 256 g/mol. The number of aliphatic hydroxyl groups excluding tert-OH is 1. The Balaban J connectivity index is 3.34. The van der Waals surface area contributed by atoms with Gasteiger partial charge < -0.3 is 14.6 Å². The number of methoxy groups -OCH3 is 2. The lowest BCUT2D eigenvalue weighted by Gasteiger charge is -2.31. The van der Waals surface area contributed by atoms with Crippen molar-refractivity contribution in [2.24, 2.45) is 0 Å². The molecule has 1 aromatic carbocycles. The summed E-state index contributed by atoms with van der Waals surface area (Å²) in [5.74, 6) is 1.58. The van der Waals surface area contributed by atoms with Gasteiger partial charge in [-0.3, -0.25) is 0 Å². The lowest BCUT2D eigenvalue weighted by atomic mass is 10.2. The number of hydrogen-bond acceptors (Lipinski definition) is 3. The molecule has 0 amide bonds. The topological polar surface area (TPSA) is 38.7 Å². The Kier molecular flexibility index (Phi) is 4.79. The summed E-state index contributed by atoms with van der Waals surface area (Å²) in [4.78, 5) is 0. The third kappa shape index (κ3) is 3.11. The minimum atomic E-state index is -0.742. The van der Waals surface area contributed by atoms with Crippen LogP contribution in [0, 0.1) is 0 Å². The van der Waals surface area contributed by atoms with Crippen molar-refractivity contribution < 1.29 is 14.6 Å². The highest BCUT2D eigenvalue weighted by Gasteiger charge is 2.30. The van der Waals surface area contributed by atoms with E-state index >= 15 is 0 Å². The van der Waals surface area contributed by atoms with Crippen LogP contribution in [-0.2, 0) is 0 Å². The van der Waals surface area contributed by atoms with E-state index in [1.54, 1.807) is 14.2 Å². The summed E-state index contributed by atoms with van der Waals surface area (Å²) in [5.41, 5.74) is 0. The molecule has 1 atom stereocenters. The summed E-state index contributed by atoms with van der Waals surface area (Å²) < 4.78 is 10.8. The summed E-state index contributed by atoms with van der Waals surface area (Å²) in [6, 6.07) is 5.72. The molecular weight excluding hydrogens is 235 g/mol. The molecule has 1 unspecified atom stereocenters. The molecule has 0 bridgehead atoms. The first kappa shape index (κ1) is 14.3. The van der Waals surface area contributed by atoms with Crippen molar-refractivity contribution in [1.82, 2.24) is 0 Å². The predicted molar refractivity (Wildman–Crippen MR) is 72.9 cm³/mol. The van der Waals surface area contributed by atoms with Crippen LogP contribution in [0.25, 0.3) is 0 Å². The van der Waals surface area contributed by atoms with E-state index in [1.807, 2.05) is 18.2 Å². The zero-order valence-electron chi connectivity index (χ0n) is 11.2. The van der Waals surface area contributed by atoms with Crippen molar-refractivity contribution in [3.63, 3.8) is 0 Å². The molecule has 3 nitrogen and oxygen atoms in total. The predicted octanol–water partition coefficient (Wildman–Crippen LogP) is 2.56. The Morgan fingerprint density at radius 1 is 1.12 bits per heavy atom. The van der Waals surface area contributed by atoms with Gasteiger partial charge in [0.2, 0.25) is 0 Å². The van der Waals surface area contributed by atoms with Crippen LogP contribution in [0.2, 0.25) is 0 Å². The molecule has 0 aliphatic carbocycles. The van der Waals surface area contributed by atoms with E-state index in [0.717, 1.165) is 16.8 Å². The molecule has 1 N–H and O–H groups in total. The second-order valence-corrected chi connectivity index (χ2v) is 7.68. The van der Waals surface area contributed by atoms with E-state index in [-0.39, 0.29) is 11.5 Å². The highest BCUT2D eigenvalue weighted by molar-refractivity contribution is 7.67. The highest BCUT2D eigenvalue weighted by atomic mass is 31.1. The van der Waals surface area contributed by atoms with Gasteiger partial charge in [0, 0.05) is 0 Å². The normalized spacial score (nSPS) is 13.3. The number of aliphatic hydroxyl groups is 1. The molecule has 0 saturated heterocycles. The molecule has 17 heavy (non-hydrogen) atoms. The molecule has 0 radical (unpaired) electrons. The van der Waals surface area contributed by atoms with Gasteiger partial charge in [-0.1, -0.05) is 26.8 Å². The fraction of sp³-hybridized carbons (Fsp3) is 0.538. The van der Waals surface area contributed by atoms with E-state index in [0.29, 0.717) is 0 Å². The SMILES string of the molecule is COc1cccc(OC)c1P(CO)C(C)(C)C. The Morgan fingerprint density at radius 3 is 1.88 bits per heavy atom. The second-order valence-electron chi connectivity index (χ2n) is 4.75. The van der Waals surface area contributed by atoms with Crippen LogP contribution < -0.4 is 14.8 Å². The zero-order valence-corrected chi connectivity index (χ0v) is 12.0. The Morgan fingerprint density at radius 2 is 1.59 bits per heavy atom. The van der Waals surface area contributed by atoms with Crippen LogP contribution in [0.1, 0.15) is 20.8 Å². The van der Waals surface area contributed by atoms with E-state index < -0.39 is 7.92 Å². The van der Waals surface area contributed by atoms with Crippen LogP contribution in [-0.4, -0.2) is 30.8 Å². The van der Waals surface area contributed by atoms with Crippen molar-refractivity contribution in [2.75, 3.05) is 20.6 Å². The van der Waals surface area contributed by atoms with E-state index in [2.05, 4.69) is 20.8 Å². The third-order valence-electron chi connectivity index (χ3n) is 2.62. The molecular formula is C13H21O3P. The Hall–Kier alpha value is -0.790. The maximum atomic E-state index is 9.67. The largest absolute Gasteiger partial charge is 0.496 e. The lowest BCUT2D eigenvalue weighted by molar-refractivity contribution is 0.366. The smallest absolute Gasteiger partial charge is 0.130 e. The standard InChI is InChI=1S/C13H21O3P/c1-13(2,3)17(9-14)12-10(15-4)7-6-8-11(12)16-5/h6-8,14H,9H2,1-5H3. The van der Waals surface area contributed by atoms with Gasteiger partial charge in [-0.05, 0) is 25.2 Å². The summed E-state index contributed by atoms with van der Waals surface area (Å²) in [6.45, 7) is 6.38. The van der Waals surface area contributed by atoms with Crippen LogP contribution in [0.4, 0.5) is 0 Å². The number of rotatable bonds is 4. The van der Waals surface area contributed by atoms with Crippen molar-refractivity contribution in [3.8, 4) is 11.5 Å². The van der Waals surface area contributed by atoms with Gasteiger partial charge in [-0.2, -0.15) is 0 Å². The lowest BCUT2D eigenvalue weighted by Crippen LogP contribution is -2.23. The number of ether oxygens (including phenoxy) is 2. The van der Waals surface area contributed by atoms with Gasteiger partial charge in [0.15, 0.2) is 0 Å². The van der Waals surface area contributed by atoms with Gasteiger partial charge in [0.1, 0.15) is 11.5 Å². The Labute approximate surface area is 105 Å². The minimum Gasteiger partial charge on any atom is -0.496 e. The van der Waals surface area contributed by atoms with E-state index in [9.17, 15) is 5.11 Å². The molecule has 1 rings (SSSR count). The van der Waals surface area contributed by atoms with Crippen LogP contribution in [0.3, 0.4) is 0 Å². The van der Waals surface area contributed by atoms with Gasteiger partial charge in [0.05, 0.1) is 25.9 Å². The molecule has 1 aromatic rings. The first-order valence-corrected chi connectivity index (χ1v) is 7.08. The van der Waals surface area contributed by atoms with Crippen molar-refractivity contribution in [3.05, 3.63) is 18.2 Å². The first-order chi connectivity index (χ1) is 7.95. The number of benzene rings is 1. The fourth-order valence-electron chi connectivity index (χ4n) is 1.72. The minimum absolute atomic E-state index is 0.00595. The molecule has 0 saturated carbocycles. The summed E-state index contributed by atoms with van der Waals surface area (Å²) >= 11 is 0. The average Bonchev–Trinajstić information content (AvgIpc) is 2.28. The molecule has 0 aliphatic heterocycles. The second kappa shape index (κ2) is 5.70. The summed E-state index contributed by atoms with van der Waals surface area (Å²) in [6.07, 6.45) is 0.134. The zero-order chi connectivity index (χ0) is 13.1. The van der Waals surface area contributed by atoms with Gasteiger partial charge in [0.25, 0.3) is 0 Å². The van der Waals surface area contributed by atoms with Crippen molar-refractivity contribution >= 4 is 13.2 Å². The van der Waals surface area contributed by atoms with E-state index in [4.69, 9.17) is 9.47 Å². The summed E-state index contributed by atoms with van der Waals surface area (Å²) in [7, 11) is 2.55. The fourth-order valence-corrected chi connectivity index (χ4v) is 3.82. The monoisotopic (exact) mass is 256 g/mol. The van der Waals surface area contributed by atoms with Gasteiger partial charge in [-0.25, -0.2) is 0 Å². The van der Waals surface area contributed by atoms with Crippen LogP contribution in [0.5, 0.6) is 11.5 Å². The van der Waals surface area contributed by atoms with E-state index in [1.165, 1.54) is 0 Å². The van der Waals surface area contributed by atoms with Crippen LogP contribution >= 0.6 is 7.92 Å². The molecule has 0 aliphatic rings. The molecule has 0 fully saturated rings. The molecule has 96 valence electrons. The third-order valence-corrected chi connectivity index (χ3v) is 5.51. The van der Waals surface area contributed by atoms with Crippen LogP contribution in [0.15, 0.2) is 18.2 Å².